The molecule has 2 N–H and O–H groups in total. The standard InChI is InChI=1S/C20H30O4/c1-13(2)20(23)9-8-16-12-17(24-19(16)22)10-14(3)6-5-7-15(4)11-18(20)21/h6,11-13,17-18,21,23H,5,7-10H2,1-4H3/t17-,18-,20+/m1/s1. The predicted octanol–water partition coefficient (Wildman–Crippen LogP) is 3.44. The lowest BCUT2D eigenvalue weighted by Crippen LogP contribution is -2.46. The molecule has 4 nitrogen and oxygen atoms in total. The third kappa shape index (κ3) is 4.37. The van der Waals surface area contributed by atoms with Crippen LogP contribution in [0.2, 0.25) is 0 Å². The number of allylic oxidation sites excluding steroid dienone is 2. The highest BCUT2D eigenvalue weighted by molar-refractivity contribution is 5.90. The fourth-order valence-corrected chi connectivity index (χ4v) is 3.38. The Morgan fingerprint density at radius 3 is 2.58 bits per heavy atom. The summed E-state index contributed by atoms with van der Waals surface area (Å²) in [6, 6.07) is 0. The van der Waals surface area contributed by atoms with Crippen LogP contribution in [0.15, 0.2) is 34.9 Å². The van der Waals surface area contributed by atoms with Crippen LogP contribution in [-0.2, 0) is 9.53 Å². The van der Waals surface area contributed by atoms with Gasteiger partial charge in [0.2, 0.25) is 0 Å². The lowest BCUT2D eigenvalue weighted by atomic mass is 9.79. The first-order valence-corrected chi connectivity index (χ1v) is 8.87. The van der Waals surface area contributed by atoms with Gasteiger partial charge in [-0.1, -0.05) is 37.1 Å². The highest BCUT2D eigenvalue weighted by Gasteiger charge is 2.39. The molecule has 4 heteroatoms. The zero-order chi connectivity index (χ0) is 17.9. The van der Waals surface area contributed by atoms with Crippen LogP contribution >= 0.6 is 0 Å². The fourth-order valence-electron chi connectivity index (χ4n) is 3.38. The molecule has 0 aromatic heterocycles. The van der Waals surface area contributed by atoms with Gasteiger partial charge < -0.3 is 14.9 Å². The van der Waals surface area contributed by atoms with E-state index < -0.39 is 11.7 Å². The van der Waals surface area contributed by atoms with Crippen molar-refractivity contribution in [3.05, 3.63) is 34.9 Å². The SMILES string of the molecule is CC1=C[C@@H](O)[C@@](O)(C(C)C)CCC2=C[C@@H](CC(C)=CCC1)OC2=O. The number of aliphatic hydroxyl groups is 2. The van der Waals surface area contributed by atoms with Crippen molar-refractivity contribution in [2.45, 2.75) is 77.6 Å². The molecule has 1 aliphatic carbocycles. The first-order valence-electron chi connectivity index (χ1n) is 8.87. The maximum absolute atomic E-state index is 12.0. The molecule has 0 radical (unpaired) electrons. The second-order valence-electron chi connectivity index (χ2n) is 7.53. The summed E-state index contributed by atoms with van der Waals surface area (Å²) >= 11 is 0. The number of carbonyl (C=O) groups is 1. The van der Waals surface area contributed by atoms with Crippen LogP contribution in [0.5, 0.6) is 0 Å². The average molecular weight is 334 g/mol. The Hall–Kier alpha value is -1.39. The van der Waals surface area contributed by atoms with E-state index in [1.807, 2.05) is 26.8 Å². The quantitative estimate of drug-likeness (QED) is 0.569. The van der Waals surface area contributed by atoms with Crippen molar-refractivity contribution in [3.8, 4) is 0 Å². The third-order valence-electron chi connectivity index (χ3n) is 5.21. The van der Waals surface area contributed by atoms with E-state index in [-0.39, 0.29) is 18.0 Å². The molecule has 0 fully saturated rings. The molecule has 0 spiro atoms. The summed E-state index contributed by atoms with van der Waals surface area (Å²) in [6.45, 7) is 7.83. The molecule has 1 heterocycles. The summed E-state index contributed by atoms with van der Waals surface area (Å²) in [5.41, 5.74) is 1.62. The molecule has 2 bridgehead atoms. The first-order chi connectivity index (χ1) is 11.2. The normalized spacial score (nSPS) is 32.6. The van der Waals surface area contributed by atoms with E-state index in [2.05, 4.69) is 13.0 Å². The molecular weight excluding hydrogens is 304 g/mol. The Morgan fingerprint density at radius 2 is 1.92 bits per heavy atom. The Balaban J connectivity index is 2.31. The predicted molar refractivity (Wildman–Crippen MR) is 94.4 cm³/mol. The van der Waals surface area contributed by atoms with Crippen molar-refractivity contribution in [2.75, 3.05) is 0 Å². The molecule has 0 saturated carbocycles. The highest BCUT2D eigenvalue weighted by Crippen LogP contribution is 2.32. The number of hydrogen-bond acceptors (Lipinski definition) is 4. The van der Waals surface area contributed by atoms with E-state index in [0.717, 1.165) is 24.8 Å². The third-order valence-corrected chi connectivity index (χ3v) is 5.21. The maximum atomic E-state index is 12.0. The topological polar surface area (TPSA) is 66.8 Å². The largest absolute Gasteiger partial charge is 0.454 e. The van der Waals surface area contributed by atoms with Crippen LogP contribution in [-0.4, -0.2) is 34.0 Å². The van der Waals surface area contributed by atoms with Crippen LogP contribution < -0.4 is 0 Å². The molecule has 3 atom stereocenters. The lowest BCUT2D eigenvalue weighted by molar-refractivity contribution is -0.140. The second kappa shape index (κ2) is 7.66. The summed E-state index contributed by atoms with van der Waals surface area (Å²) < 4.78 is 5.42. The van der Waals surface area contributed by atoms with E-state index >= 15 is 0 Å². The zero-order valence-electron chi connectivity index (χ0n) is 15.2. The van der Waals surface area contributed by atoms with Gasteiger partial charge in [0.1, 0.15) is 12.2 Å². The fraction of sp³-hybridized carbons (Fsp3) is 0.650. The molecule has 0 amide bonds. The summed E-state index contributed by atoms with van der Waals surface area (Å²) in [4.78, 5) is 12.0. The van der Waals surface area contributed by atoms with E-state index in [1.165, 1.54) is 5.57 Å². The smallest absolute Gasteiger partial charge is 0.334 e. The number of carbonyl (C=O) groups excluding carboxylic acids is 1. The van der Waals surface area contributed by atoms with Crippen molar-refractivity contribution in [2.24, 2.45) is 5.92 Å². The van der Waals surface area contributed by atoms with Crippen molar-refractivity contribution < 1.29 is 19.7 Å². The number of ether oxygens (including phenoxy) is 1. The number of esters is 1. The molecule has 2 aliphatic rings. The summed E-state index contributed by atoms with van der Waals surface area (Å²) in [5, 5.41) is 21.6. The van der Waals surface area contributed by atoms with Crippen LogP contribution in [0, 0.1) is 5.92 Å². The zero-order valence-corrected chi connectivity index (χ0v) is 15.2. The number of rotatable bonds is 1. The number of hydrogen-bond donors (Lipinski definition) is 2. The molecule has 0 unspecified atom stereocenters. The van der Waals surface area contributed by atoms with E-state index in [4.69, 9.17) is 4.74 Å². The van der Waals surface area contributed by atoms with Gasteiger partial charge in [0.25, 0.3) is 0 Å². The van der Waals surface area contributed by atoms with E-state index in [9.17, 15) is 15.0 Å². The molecule has 2 rings (SSSR count). The molecule has 0 aromatic rings. The van der Waals surface area contributed by atoms with Gasteiger partial charge in [0, 0.05) is 12.0 Å². The maximum Gasteiger partial charge on any atom is 0.334 e. The van der Waals surface area contributed by atoms with Crippen LogP contribution in [0.4, 0.5) is 0 Å². The molecule has 1 aliphatic heterocycles. The van der Waals surface area contributed by atoms with Crippen molar-refractivity contribution in [1.29, 1.82) is 0 Å². The molecular formula is C20H30O4. The molecule has 0 saturated heterocycles. The van der Waals surface area contributed by atoms with Crippen LogP contribution in [0.25, 0.3) is 0 Å². The molecule has 24 heavy (non-hydrogen) atoms. The Morgan fingerprint density at radius 1 is 1.21 bits per heavy atom. The van der Waals surface area contributed by atoms with Crippen molar-refractivity contribution >= 4 is 5.97 Å². The van der Waals surface area contributed by atoms with Crippen LogP contribution in [0.1, 0.15) is 59.8 Å². The van der Waals surface area contributed by atoms with Gasteiger partial charge in [0.15, 0.2) is 0 Å². The molecule has 134 valence electrons. The summed E-state index contributed by atoms with van der Waals surface area (Å²) in [6.07, 6.45) is 7.82. The van der Waals surface area contributed by atoms with E-state index in [1.54, 1.807) is 6.08 Å². The van der Waals surface area contributed by atoms with Crippen LogP contribution in [0.3, 0.4) is 0 Å². The first kappa shape index (κ1) is 18.9. The summed E-state index contributed by atoms with van der Waals surface area (Å²) in [5.74, 6) is -0.421. The van der Waals surface area contributed by atoms with Gasteiger partial charge in [0.05, 0.1) is 5.60 Å². The van der Waals surface area contributed by atoms with Crippen molar-refractivity contribution in [3.63, 3.8) is 0 Å². The summed E-state index contributed by atoms with van der Waals surface area (Å²) in [7, 11) is 0. The van der Waals surface area contributed by atoms with Gasteiger partial charge in [-0.3, -0.25) is 0 Å². The van der Waals surface area contributed by atoms with Gasteiger partial charge in [-0.05, 0) is 51.5 Å². The number of fused-ring (bicyclic) bond motifs is 1. The van der Waals surface area contributed by atoms with Gasteiger partial charge >= 0.3 is 5.97 Å². The van der Waals surface area contributed by atoms with Crippen molar-refractivity contribution in [1.82, 2.24) is 0 Å². The minimum Gasteiger partial charge on any atom is -0.454 e. The lowest BCUT2D eigenvalue weighted by Gasteiger charge is -2.36. The van der Waals surface area contributed by atoms with E-state index in [0.29, 0.717) is 18.4 Å². The average Bonchev–Trinajstić information content (AvgIpc) is 2.83. The molecule has 0 aromatic carbocycles. The van der Waals surface area contributed by atoms with Gasteiger partial charge in [-0.25, -0.2) is 4.79 Å². The second-order valence-corrected chi connectivity index (χ2v) is 7.53. The van der Waals surface area contributed by atoms with Gasteiger partial charge in [-0.2, -0.15) is 0 Å². The number of aliphatic hydroxyl groups excluding tert-OH is 1. The monoisotopic (exact) mass is 334 g/mol. The minimum absolute atomic E-state index is 0.125. The van der Waals surface area contributed by atoms with Gasteiger partial charge in [-0.15, -0.1) is 0 Å². The Labute approximate surface area is 144 Å². The Bertz CT molecular complexity index is 570. The highest BCUT2D eigenvalue weighted by atomic mass is 16.5. The Kier molecular flexibility index (Phi) is 6.05. The minimum atomic E-state index is -1.25.